The molecule has 0 amide bonds. The number of aromatic nitrogens is 1. The van der Waals surface area contributed by atoms with E-state index in [-0.39, 0.29) is 0 Å². The maximum Gasteiger partial charge on any atom is 0.215 e. The number of fused-ring (bicyclic) bond motifs is 1. The third-order valence-electron chi connectivity index (χ3n) is 2.50. The Kier molecular flexibility index (Phi) is 2.76. The second-order valence-electron chi connectivity index (χ2n) is 3.74. The highest BCUT2D eigenvalue weighted by molar-refractivity contribution is 7.12. The minimum Gasteiger partial charge on any atom is -0.473 e. The number of ether oxygens (including phenoxy) is 1. The van der Waals surface area contributed by atoms with Gasteiger partial charge >= 0.3 is 0 Å². The smallest absolute Gasteiger partial charge is 0.215 e. The van der Waals surface area contributed by atoms with Crippen LogP contribution in [0.5, 0.6) is 5.88 Å². The van der Waals surface area contributed by atoms with Crippen LogP contribution in [0.4, 0.5) is 0 Å². The van der Waals surface area contributed by atoms with Gasteiger partial charge in [-0.05, 0) is 10.9 Å². The highest BCUT2D eigenvalue weighted by Crippen LogP contribution is 2.29. The van der Waals surface area contributed by atoms with Crippen molar-refractivity contribution in [3.63, 3.8) is 0 Å². The molecule has 2 aliphatic rings. The van der Waals surface area contributed by atoms with Crippen molar-refractivity contribution in [3.05, 3.63) is 59.5 Å². The molecule has 0 radical (unpaired) electrons. The summed E-state index contributed by atoms with van der Waals surface area (Å²) in [6, 6.07) is 16.2. The lowest BCUT2D eigenvalue weighted by molar-refractivity contribution is 0.296. The van der Waals surface area contributed by atoms with Crippen molar-refractivity contribution >= 4 is 11.3 Å². The third kappa shape index (κ3) is 2.29. The Hall–Kier alpha value is -1.87. The average Bonchev–Trinajstić information content (AvgIpc) is 2.80. The summed E-state index contributed by atoms with van der Waals surface area (Å²) in [7, 11) is 0. The van der Waals surface area contributed by atoms with E-state index >= 15 is 0 Å². The van der Waals surface area contributed by atoms with E-state index in [1.165, 1.54) is 0 Å². The van der Waals surface area contributed by atoms with Gasteiger partial charge < -0.3 is 4.74 Å². The quantitative estimate of drug-likeness (QED) is 0.695. The molecule has 0 aliphatic carbocycles. The molecular formula is C14H11NOS. The first-order valence-electron chi connectivity index (χ1n) is 5.43. The third-order valence-corrected chi connectivity index (χ3v) is 3.34. The van der Waals surface area contributed by atoms with Crippen LogP contribution < -0.4 is 4.74 Å². The van der Waals surface area contributed by atoms with Crippen LogP contribution in [-0.4, -0.2) is 4.98 Å². The van der Waals surface area contributed by atoms with Gasteiger partial charge in [0, 0.05) is 11.6 Å². The number of rotatable bonds is 3. The first-order valence-corrected chi connectivity index (χ1v) is 6.31. The van der Waals surface area contributed by atoms with Gasteiger partial charge in [0.15, 0.2) is 0 Å². The number of hydrogen-bond acceptors (Lipinski definition) is 3. The van der Waals surface area contributed by atoms with Gasteiger partial charge in [-0.3, -0.25) is 0 Å². The Balaban J connectivity index is 1.76. The van der Waals surface area contributed by atoms with Gasteiger partial charge in [0.2, 0.25) is 5.88 Å². The van der Waals surface area contributed by atoms with Crippen LogP contribution in [0.3, 0.4) is 0 Å². The van der Waals surface area contributed by atoms with Crippen molar-refractivity contribution in [1.29, 1.82) is 0 Å². The summed E-state index contributed by atoms with van der Waals surface area (Å²) in [4.78, 5) is 4.42. The molecule has 0 bridgehead atoms. The first kappa shape index (κ1) is 10.3. The molecule has 2 nitrogen and oxygen atoms in total. The molecule has 0 aromatic heterocycles. The molecule has 3 rings (SSSR count). The molecule has 0 atom stereocenters. The fraction of sp³-hybridized carbons (Fsp3) is 0.0714. The van der Waals surface area contributed by atoms with E-state index in [1.54, 1.807) is 11.3 Å². The first-order chi connectivity index (χ1) is 8.42. The molecule has 2 aliphatic heterocycles. The molecule has 0 unspecified atom stereocenters. The normalized spacial score (nSPS) is 10.6. The van der Waals surface area contributed by atoms with Crippen molar-refractivity contribution in [2.24, 2.45) is 0 Å². The fourth-order valence-corrected chi connectivity index (χ4v) is 2.35. The topological polar surface area (TPSA) is 22.1 Å². The van der Waals surface area contributed by atoms with Gasteiger partial charge in [-0.15, -0.1) is 11.3 Å². The maximum absolute atomic E-state index is 5.67. The molecule has 1 aromatic rings. The number of nitrogens with zero attached hydrogens (tertiary/aromatic N) is 1. The minimum atomic E-state index is 0.564. The Morgan fingerprint density at radius 1 is 1.06 bits per heavy atom. The highest BCUT2D eigenvalue weighted by Gasteiger charge is 2.08. The molecule has 3 heteroatoms. The van der Waals surface area contributed by atoms with Crippen LogP contribution in [0.2, 0.25) is 0 Å². The number of benzene rings is 1. The summed E-state index contributed by atoms with van der Waals surface area (Å²) in [5.74, 6) is 0.700. The van der Waals surface area contributed by atoms with Crippen LogP contribution in [0.1, 0.15) is 5.56 Å². The van der Waals surface area contributed by atoms with Crippen molar-refractivity contribution in [2.75, 3.05) is 0 Å². The molecule has 84 valence electrons. The van der Waals surface area contributed by atoms with Gasteiger partial charge in [0.25, 0.3) is 0 Å². The largest absolute Gasteiger partial charge is 0.473 e. The van der Waals surface area contributed by atoms with Gasteiger partial charge in [0.05, 0.1) is 0 Å². The molecule has 17 heavy (non-hydrogen) atoms. The SMILES string of the molecule is c1ccc(COc2cc3cccsc-3n2)cc1. The monoisotopic (exact) mass is 241 g/mol. The summed E-state index contributed by atoms with van der Waals surface area (Å²) in [5.41, 5.74) is 2.30. The lowest BCUT2D eigenvalue weighted by Crippen LogP contribution is -1.94. The summed E-state index contributed by atoms with van der Waals surface area (Å²) in [5, 5.41) is 3.05. The summed E-state index contributed by atoms with van der Waals surface area (Å²) >= 11 is 1.63. The number of hydrogen-bond donors (Lipinski definition) is 0. The zero-order chi connectivity index (χ0) is 11.5. The van der Waals surface area contributed by atoms with E-state index in [2.05, 4.69) is 4.98 Å². The van der Waals surface area contributed by atoms with Gasteiger partial charge in [0.1, 0.15) is 11.6 Å². The summed E-state index contributed by atoms with van der Waals surface area (Å²) in [6.07, 6.45) is 0. The molecule has 1 aromatic carbocycles. The van der Waals surface area contributed by atoms with Gasteiger partial charge in [-0.2, -0.15) is 0 Å². The standard InChI is InChI=1S/C14H11NOS/c1-2-5-11(6-3-1)10-16-13-9-12-7-4-8-17-14(12)15-13/h1-9H,10H2. The maximum atomic E-state index is 5.67. The molecule has 0 fully saturated rings. The van der Waals surface area contributed by atoms with Crippen LogP contribution >= 0.6 is 11.3 Å². The highest BCUT2D eigenvalue weighted by atomic mass is 32.1. The van der Waals surface area contributed by atoms with Crippen molar-refractivity contribution < 1.29 is 4.74 Å². The molecule has 0 N–H and O–H groups in total. The minimum absolute atomic E-state index is 0.564. The van der Waals surface area contributed by atoms with Crippen LogP contribution in [0.25, 0.3) is 10.6 Å². The molecule has 0 spiro atoms. The zero-order valence-corrected chi connectivity index (χ0v) is 9.98. The Morgan fingerprint density at radius 2 is 1.94 bits per heavy atom. The molecule has 2 heterocycles. The van der Waals surface area contributed by atoms with E-state index in [1.807, 2.05) is 53.9 Å². The molecule has 0 saturated carbocycles. The van der Waals surface area contributed by atoms with Crippen LogP contribution in [0, 0.1) is 0 Å². The fourth-order valence-electron chi connectivity index (χ4n) is 1.66. The molecule has 0 saturated heterocycles. The predicted octanol–water partition coefficient (Wildman–Crippen LogP) is 3.83. The van der Waals surface area contributed by atoms with E-state index < -0.39 is 0 Å². The van der Waals surface area contributed by atoms with E-state index in [4.69, 9.17) is 4.74 Å². The predicted molar refractivity (Wildman–Crippen MR) is 69.5 cm³/mol. The average molecular weight is 241 g/mol. The van der Waals surface area contributed by atoms with Crippen molar-refractivity contribution in [3.8, 4) is 16.5 Å². The van der Waals surface area contributed by atoms with E-state index in [0.717, 1.165) is 16.1 Å². The lowest BCUT2D eigenvalue weighted by atomic mass is 10.2. The second kappa shape index (κ2) is 4.55. The van der Waals surface area contributed by atoms with Crippen LogP contribution in [-0.2, 0) is 6.61 Å². The van der Waals surface area contributed by atoms with E-state index in [9.17, 15) is 0 Å². The Labute approximate surface area is 104 Å². The van der Waals surface area contributed by atoms with Crippen LogP contribution in [0.15, 0.2) is 53.9 Å². The summed E-state index contributed by atoms with van der Waals surface area (Å²) < 4.78 is 5.67. The van der Waals surface area contributed by atoms with E-state index in [0.29, 0.717) is 12.5 Å². The Morgan fingerprint density at radius 3 is 2.76 bits per heavy atom. The van der Waals surface area contributed by atoms with Crippen molar-refractivity contribution in [1.82, 2.24) is 4.98 Å². The van der Waals surface area contributed by atoms with Crippen molar-refractivity contribution in [2.45, 2.75) is 6.61 Å². The zero-order valence-electron chi connectivity index (χ0n) is 9.17. The van der Waals surface area contributed by atoms with Gasteiger partial charge in [-0.1, -0.05) is 42.5 Å². The summed E-state index contributed by atoms with van der Waals surface area (Å²) in [6.45, 7) is 0.564. The second-order valence-corrected chi connectivity index (χ2v) is 4.64. The molecular weight excluding hydrogens is 230 g/mol. The Bertz CT molecular complexity index is 546. The lowest BCUT2D eigenvalue weighted by Gasteiger charge is -2.01. The van der Waals surface area contributed by atoms with Gasteiger partial charge in [-0.25, -0.2) is 4.98 Å².